The van der Waals surface area contributed by atoms with Crippen LogP contribution >= 0.6 is 0 Å². The van der Waals surface area contributed by atoms with Crippen LogP contribution in [0, 0.1) is 24.7 Å². The number of rotatable bonds is 3. The SMILES string of the molecule is C=C1C2N=C(N(C(=N)C(C)(C)CC)c3ccc(C)cc3C)c3ccccc3C12. The Morgan fingerprint density at radius 3 is 2.57 bits per heavy atom. The standard InChI is InChI=1S/C25H29N3/c1-7-25(5,6)24(26)28(20-13-12-15(2)14-16(20)3)23-19-11-9-8-10-18(19)21-17(4)22(21)27-23/h8-14,21-22,26H,4,7H2,1-3,5-6H3. The molecule has 2 aliphatic rings. The van der Waals surface area contributed by atoms with E-state index in [4.69, 9.17) is 10.4 Å². The summed E-state index contributed by atoms with van der Waals surface area (Å²) in [5.74, 6) is 1.81. The summed E-state index contributed by atoms with van der Waals surface area (Å²) in [5, 5.41) is 9.17. The predicted octanol–water partition coefficient (Wildman–Crippen LogP) is 6.01. The lowest BCUT2D eigenvalue weighted by molar-refractivity contribution is 0.495. The van der Waals surface area contributed by atoms with Crippen LogP contribution in [0.25, 0.3) is 0 Å². The van der Waals surface area contributed by atoms with Gasteiger partial charge in [-0.25, -0.2) is 0 Å². The Morgan fingerprint density at radius 2 is 1.89 bits per heavy atom. The number of nitrogens with zero attached hydrogens (tertiary/aromatic N) is 2. The van der Waals surface area contributed by atoms with E-state index in [1.54, 1.807) is 0 Å². The molecule has 4 rings (SSSR count). The van der Waals surface area contributed by atoms with Gasteiger partial charge in [0, 0.05) is 16.9 Å². The molecule has 1 aliphatic heterocycles. The summed E-state index contributed by atoms with van der Waals surface area (Å²) in [4.78, 5) is 7.17. The highest BCUT2D eigenvalue weighted by atomic mass is 15.3. The van der Waals surface area contributed by atoms with Crippen molar-refractivity contribution >= 4 is 17.4 Å². The lowest BCUT2D eigenvalue weighted by Gasteiger charge is -2.37. The van der Waals surface area contributed by atoms with Gasteiger partial charge in [-0.1, -0.05) is 69.3 Å². The van der Waals surface area contributed by atoms with Crippen molar-refractivity contribution in [3.8, 4) is 0 Å². The Morgan fingerprint density at radius 1 is 1.18 bits per heavy atom. The number of amidine groups is 2. The van der Waals surface area contributed by atoms with E-state index in [9.17, 15) is 0 Å². The van der Waals surface area contributed by atoms with Crippen molar-refractivity contribution in [1.29, 1.82) is 5.41 Å². The summed E-state index contributed by atoms with van der Waals surface area (Å²) >= 11 is 0. The summed E-state index contributed by atoms with van der Waals surface area (Å²) in [5.41, 5.74) is 6.77. The molecule has 0 aromatic heterocycles. The van der Waals surface area contributed by atoms with Gasteiger partial charge in [0.25, 0.3) is 0 Å². The van der Waals surface area contributed by atoms with E-state index in [0.717, 1.165) is 29.1 Å². The minimum absolute atomic E-state index is 0.149. The molecule has 1 heterocycles. The van der Waals surface area contributed by atoms with Crippen LogP contribution in [-0.2, 0) is 0 Å². The average molecular weight is 372 g/mol. The van der Waals surface area contributed by atoms with Crippen molar-refractivity contribution in [3.05, 3.63) is 76.9 Å². The molecule has 3 nitrogen and oxygen atoms in total. The number of aryl methyl sites for hydroxylation is 2. The zero-order chi connectivity index (χ0) is 20.2. The van der Waals surface area contributed by atoms with Crippen LogP contribution in [0.3, 0.4) is 0 Å². The zero-order valence-electron chi connectivity index (χ0n) is 17.5. The minimum atomic E-state index is -0.258. The first-order chi connectivity index (χ1) is 13.3. The van der Waals surface area contributed by atoms with Gasteiger partial charge in [-0.2, -0.15) is 0 Å². The molecule has 0 saturated heterocycles. The zero-order valence-corrected chi connectivity index (χ0v) is 17.5. The molecule has 0 radical (unpaired) electrons. The Labute approximate surface area is 168 Å². The summed E-state index contributed by atoms with van der Waals surface area (Å²) in [6, 6.07) is 15.1. The summed E-state index contributed by atoms with van der Waals surface area (Å²) < 4.78 is 0. The van der Waals surface area contributed by atoms with Crippen LogP contribution in [0.1, 0.15) is 55.4 Å². The number of anilines is 1. The van der Waals surface area contributed by atoms with Gasteiger partial charge in [0.2, 0.25) is 0 Å². The molecule has 0 spiro atoms. The molecule has 1 fully saturated rings. The van der Waals surface area contributed by atoms with E-state index < -0.39 is 0 Å². The third-order valence-corrected chi connectivity index (χ3v) is 6.34. The van der Waals surface area contributed by atoms with Crippen LogP contribution in [0.5, 0.6) is 0 Å². The molecule has 0 amide bonds. The molecule has 2 unspecified atom stereocenters. The van der Waals surface area contributed by atoms with E-state index in [0.29, 0.717) is 11.8 Å². The summed E-state index contributed by atoms with van der Waals surface area (Å²) in [7, 11) is 0. The van der Waals surface area contributed by atoms with Crippen molar-refractivity contribution in [2.75, 3.05) is 4.90 Å². The van der Waals surface area contributed by atoms with Crippen molar-refractivity contribution in [2.45, 2.75) is 53.0 Å². The molecule has 1 N–H and O–H groups in total. The van der Waals surface area contributed by atoms with Gasteiger partial charge in [0.15, 0.2) is 0 Å². The fraction of sp³-hybridized carbons (Fsp3) is 0.360. The number of hydrogen-bond donors (Lipinski definition) is 1. The van der Waals surface area contributed by atoms with Gasteiger partial charge in [0.05, 0.1) is 11.7 Å². The minimum Gasteiger partial charge on any atom is -0.287 e. The Balaban J connectivity index is 1.93. The third kappa shape index (κ3) is 2.81. The number of fused-ring (bicyclic) bond motifs is 3. The largest absolute Gasteiger partial charge is 0.287 e. The lowest BCUT2D eigenvalue weighted by atomic mass is 9.86. The van der Waals surface area contributed by atoms with Crippen LogP contribution in [0.15, 0.2) is 59.6 Å². The van der Waals surface area contributed by atoms with E-state index in [-0.39, 0.29) is 11.5 Å². The van der Waals surface area contributed by atoms with Gasteiger partial charge >= 0.3 is 0 Å². The maximum Gasteiger partial charge on any atom is 0.141 e. The highest BCUT2D eigenvalue weighted by Crippen LogP contribution is 2.53. The fourth-order valence-electron chi connectivity index (χ4n) is 4.04. The normalized spacial score (nSPS) is 20.2. The Bertz CT molecular complexity index is 1010. The van der Waals surface area contributed by atoms with E-state index in [2.05, 4.69) is 88.6 Å². The van der Waals surface area contributed by atoms with Gasteiger partial charge in [-0.15, -0.1) is 0 Å². The molecule has 28 heavy (non-hydrogen) atoms. The molecule has 0 bridgehead atoms. The number of nitrogens with one attached hydrogen (secondary N) is 1. The average Bonchev–Trinajstić information content (AvgIpc) is 3.33. The molecular weight excluding hydrogens is 342 g/mol. The van der Waals surface area contributed by atoms with Crippen LogP contribution < -0.4 is 4.90 Å². The molecule has 2 aromatic rings. The Hall–Kier alpha value is -2.68. The van der Waals surface area contributed by atoms with Gasteiger partial charge < -0.3 is 0 Å². The van der Waals surface area contributed by atoms with Crippen molar-refractivity contribution in [3.63, 3.8) is 0 Å². The molecule has 1 saturated carbocycles. The van der Waals surface area contributed by atoms with Crippen LogP contribution in [0.4, 0.5) is 5.69 Å². The first kappa shape index (κ1) is 18.7. The second-order valence-electron chi connectivity index (χ2n) is 8.75. The second kappa shape index (κ2) is 6.44. The van der Waals surface area contributed by atoms with Gasteiger partial charge in [0.1, 0.15) is 11.7 Å². The quantitative estimate of drug-likeness (QED) is 0.401. The lowest BCUT2D eigenvalue weighted by Crippen LogP contribution is -2.46. The summed E-state index contributed by atoms with van der Waals surface area (Å²) in [6.45, 7) is 14.9. The number of hydrogen-bond acceptors (Lipinski definition) is 2. The highest BCUT2D eigenvalue weighted by Gasteiger charge is 2.49. The maximum atomic E-state index is 9.17. The Kier molecular flexibility index (Phi) is 4.29. The fourth-order valence-corrected chi connectivity index (χ4v) is 4.04. The third-order valence-electron chi connectivity index (χ3n) is 6.34. The van der Waals surface area contributed by atoms with E-state index in [1.165, 1.54) is 16.7 Å². The summed E-state index contributed by atoms with van der Waals surface area (Å²) in [6.07, 6.45) is 0.890. The number of benzene rings is 2. The first-order valence-corrected chi connectivity index (χ1v) is 10.1. The van der Waals surface area contributed by atoms with E-state index in [1.807, 2.05) is 0 Å². The van der Waals surface area contributed by atoms with Crippen LogP contribution in [0.2, 0.25) is 0 Å². The first-order valence-electron chi connectivity index (χ1n) is 10.1. The number of aliphatic imine (C=N–C) groups is 1. The molecule has 3 heteroatoms. The molecule has 144 valence electrons. The predicted molar refractivity (Wildman–Crippen MR) is 119 cm³/mol. The van der Waals surface area contributed by atoms with E-state index >= 15 is 0 Å². The maximum absolute atomic E-state index is 9.17. The van der Waals surface area contributed by atoms with Gasteiger partial charge in [-0.05, 0) is 43.0 Å². The van der Waals surface area contributed by atoms with Crippen molar-refractivity contribution in [1.82, 2.24) is 0 Å². The molecular formula is C25H29N3. The second-order valence-corrected chi connectivity index (χ2v) is 8.75. The van der Waals surface area contributed by atoms with Crippen molar-refractivity contribution in [2.24, 2.45) is 10.4 Å². The molecule has 1 aliphatic carbocycles. The molecule has 2 atom stereocenters. The molecule has 2 aromatic carbocycles. The smallest absolute Gasteiger partial charge is 0.141 e. The topological polar surface area (TPSA) is 39.5 Å². The van der Waals surface area contributed by atoms with Gasteiger partial charge in [-0.3, -0.25) is 15.3 Å². The van der Waals surface area contributed by atoms with Crippen molar-refractivity contribution < 1.29 is 0 Å². The monoisotopic (exact) mass is 371 g/mol. The van der Waals surface area contributed by atoms with Crippen LogP contribution in [-0.4, -0.2) is 17.7 Å². The highest BCUT2D eigenvalue weighted by molar-refractivity contribution is 6.26.